The number of hydrogen-bond acceptors (Lipinski definition) is 5. The highest BCUT2D eigenvalue weighted by atomic mass is 32.2. The van der Waals surface area contributed by atoms with Crippen molar-refractivity contribution in [1.82, 2.24) is 4.90 Å². The van der Waals surface area contributed by atoms with Gasteiger partial charge in [0.15, 0.2) is 0 Å². The molecule has 146 valence electrons. The van der Waals surface area contributed by atoms with Crippen LogP contribution < -0.4 is 10.2 Å². The summed E-state index contributed by atoms with van der Waals surface area (Å²) in [6.45, 7) is -0.247. The first-order valence-corrected chi connectivity index (χ1v) is 9.80. The molecule has 2 heterocycles. The molecule has 0 saturated carbocycles. The summed E-state index contributed by atoms with van der Waals surface area (Å²) in [5.41, 5.74) is 1.80. The Bertz CT molecular complexity index is 1100. The number of amides is 3. The zero-order chi connectivity index (χ0) is 20.7. The maximum absolute atomic E-state index is 13.2. The largest absolute Gasteiger partial charge is 0.325 e. The molecule has 2 aliphatic heterocycles. The Kier molecular flexibility index (Phi) is 4.93. The van der Waals surface area contributed by atoms with E-state index >= 15 is 0 Å². The molecule has 9 heteroatoms. The van der Waals surface area contributed by atoms with Crippen molar-refractivity contribution in [3.63, 3.8) is 0 Å². The molecule has 2 aromatic rings. The summed E-state index contributed by atoms with van der Waals surface area (Å²) >= 11 is 6.24. The summed E-state index contributed by atoms with van der Waals surface area (Å²) < 4.78 is 13.4. The van der Waals surface area contributed by atoms with E-state index in [1.165, 1.54) is 34.1 Å². The van der Waals surface area contributed by atoms with Gasteiger partial charge in [0.05, 0.1) is 16.2 Å². The quantitative estimate of drug-likeness (QED) is 0.602. The Labute approximate surface area is 175 Å². The molecule has 2 aliphatic rings. The van der Waals surface area contributed by atoms with Crippen LogP contribution in [0.3, 0.4) is 0 Å². The first kappa shape index (κ1) is 19.3. The average molecular weight is 427 g/mol. The Morgan fingerprint density at radius 2 is 1.79 bits per heavy atom. The SMILES string of the molecule is CN1C(=O)/C(=C2/C(=O)N(CC(=O)Nc3ccc(F)cc3)c3ccccc32)SC1=S. The highest BCUT2D eigenvalue weighted by Gasteiger charge is 2.41. The van der Waals surface area contributed by atoms with Crippen LogP contribution in [-0.4, -0.2) is 40.5 Å². The minimum absolute atomic E-state index is 0.247. The summed E-state index contributed by atoms with van der Waals surface area (Å²) in [4.78, 5) is 41.1. The summed E-state index contributed by atoms with van der Waals surface area (Å²) in [6, 6.07) is 12.3. The number of carbonyl (C=O) groups excluding carboxylic acids is 3. The number of rotatable bonds is 3. The molecule has 29 heavy (non-hydrogen) atoms. The Hall–Kier alpha value is -3.04. The van der Waals surface area contributed by atoms with E-state index in [4.69, 9.17) is 12.2 Å². The number of anilines is 2. The van der Waals surface area contributed by atoms with Gasteiger partial charge in [-0.15, -0.1) is 0 Å². The standard InChI is InChI=1S/C20H14FN3O3S2/c1-23-19(27)17(29-20(23)28)16-13-4-2-3-5-14(13)24(18(16)26)10-15(25)22-12-8-6-11(21)7-9-12/h2-9H,10H2,1H3,(H,22,25)/b17-16-. The molecule has 0 unspecified atom stereocenters. The summed E-state index contributed by atoms with van der Waals surface area (Å²) in [5.74, 6) is -1.63. The third-order valence-electron chi connectivity index (χ3n) is 4.54. The predicted octanol–water partition coefficient (Wildman–Crippen LogP) is 3.01. The molecule has 0 aromatic heterocycles. The topological polar surface area (TPSA) is 69.7 Å². The number of carbonyl (C=O) groups is 3. The van der Waals surface area contributed by atoms with Gasteiger partial charge in [-0.1, -0.05) is 42.2 Å². The van der Waals surface area contributed by atoms with Gasteiger partial charge in [-0.3, -0.25) is 24.2 Å². The summed E-state index contributed by atoms with van der Waals surface area (Å²) in [5, 5.41) is 2.64. The van der Waals surface area contributed by atoms with Gasteiger partial charge in [0.1, 0.15) is 16.7 Å². The number of thioether (sulfide) groups is 1. The monoisotopic (exact) mass is 427 g/mol. The molecular formula is C20H14FN3O3S2. The van der Waals surface area contributed by atoms with Gasteiger partial charge in [-0.2, -0.15) is 0 Å². The Morgan fingerprint density at radius 3 is 2.45 bits per heavy atom. The van der Waals surface area contributed by atoms with E-state index < -0.39 is 17.6 Å². The first-order chi connectivity index (χ1) is 13.9. The smallest absolute Gasteiger partial charge is 0.266 e. The zero-order valence-electron chi connectivity index (χ0n) is 15.1. The van der Waals surface area contributed by atoms with Crippen LogP contribution in [0.15, 0.2) is 53.4 Å². The molecule has 1 fully saturated rings. The van der Waals surface area contributed by atoms with Gasteiger partial charge >= 0.3 is 0 Å². The van der Waals surface area contributed by atoms with E-state index in [0.29, 0.717) is 21.3 Å². The maximum Gasteiger partial charge on any atom is 0.266 e. The number of halogens is 1. The second kappa shape index (κ2) is 7.41. The fraction of sp³-hybridized carbons (Fsp3) is 0.100. The minimum atomic E-state index is -0.441. The second-order valence-corrected chi connectivity index (χ2v) is 8.04. The number of nitrogens with one attached hydrogen (secondary N) is 1. The molecule has 0 spiro atoms. The van der Waals surface area contributed by atoms with Crippen molar-refractivity contribution in [2.45, 2.75) is 0 Å². The van der Waals surface area contributed by atoms with E-state index in [1.54, 1.807) is 31.3 Å². The second-order valence-electron chi connectivity index (χ2n) is 6.40. The molecule has 0 atom stereocenters. The van der Waals surface area contributed by atoms with Crippen molar-refractivity contribution in [3.05, 3.63) is 64.8 Å². The molecule has 0 radical (unpaired) electrons. The average Bonchev–Trinajstić information content (AvgIpc) is 3.11. The summed E-state index contributed by atoms with van der Waals surface area (Å²) in [7, 11) is 1.56. The molecule has 4 rings (SSSR count). The van der Waals surface area contributed by atoms with Crippen molar-refractivity contribution in [2.75, 3.05) is 23.8 Å². The maximum atomic E-state index is 13.2. The van der Waals surface area contributed by atoms with Gasteiger partial charge in [0.25, 0.3) is 11.8 Å². The zero-order valence-corrected chi connectivity index (χ0v) is 16.8. The van der Waals surface area contributed by atoms with Crippen LogP contribution in [0.2, 0.25) is 0 Å². The van der Waals surface area contributed by atoms with Gasteiger partial charge in [0, 0.05) is 18.3 Å². The summed E-state index contributed by atoms with van der Waals surface area (Å²) in [6.07, 6.45) is 0. The molecule has 1 N–H and O–H groups in total. The number of thiocarbonyl (C=S) groups is 1. The number of fused-ring (bicyclic) bond motifs is 1. The minimum Gasteiger partial charge on any atom is -0.325 e. The molecule has 0 aliphatic carbocycles. The van der Waals surface area contributed by atoms with Crippen molar-refractivity contribution in [2.24, 2.45) is 0 Å². The number of para-hydroxylation sites is 1. The van der Waals surface area contributed by atoms with Gasteiger partial charge < -0.3 is 5.32 Å². The molecule has 2 aromatic carbocycles. The molecule has 6 nitrogen and oxygen atoms in total. The fourth-order valence-corrected chi connectivity index (χ4v) is 4.38. The number of nitrogens with zero attached hydrogens (tertiary/aromatic N) is 2. The van der Waals surface area contributed by atoms with E-state index in [0.717, 1.165) is 11.8 Å². The molecular weight excluding hydrogens is 413 g/mol. The van der Waals surface area contributed by atoms with Crippen LogP contribution in [0.1, 0.15) is 5.56 Å². The lowest BCUT2D eigenvalue weighted by molar-refractivity contribution is -0.121. The van der Waals surface area contributed by atoms with Crippen LogP contribution in [0, 0.1) is 5.82 Å². The van der Waals surface area contributed by atoms with Crippen LogP contribution in [0.25, 0.3) is 5.57 Å². The van der Waals surface area contributed by atoms with Crippen molar-refractivity contribution in [1.29, 1.82) is 0 Å². The Morgan fingerprint density at radius 1 is 1.10 bits per heavy atom. The normalized spacial score (nSPS) is 18.5. The lowest BCUT2D eigenvalue weighted by atomic mass is 10.1. The van der Waals surface area contributed by atoms with Crippen LogP contribution in [0.4, 0.5) is 15.8 Å². The van der Waals surface area contributed by atoms with Crippen LogP contribution in [-0.2, 0) is 14.4 Å². The highest BCUT2D eigenvalue weighted by Crippen LogP contribution is 2.44. The van der Waals surface area contributed by atoms with E-state index in [2.05, 4.69) is 5.32 Å². The van der Waals surface area contributed by atoms with Crippen molar-refractivity contribution >= 4 is 63.0 Å². The van der Waals surface area contributed by atoms with Crippen molar-refractivity contribution < 1.29 is 18.8 Å². The van der Waals surface area contributed by atoms with Gasteiger partial charge in [-0.05, 0) is 30.3 Å². The first-order valence-electron chi connectivity index (χ1n) is 8.57. The molecule has 0 bridgehead atoms. The third kappa shape index (κ3) is 3.43. The Balaban J connectivity index is 1.65. The molecule has 1 saturated heterocycles. The molecule has 3 amide bonds. The lowest BCUT2D eigenvalue weighted by Crippen LogP contribution is -2.35. The number of hydrogen-bond donors (Lipinski definition) is 1. The third-order valence-corrected chi connectivity index (χ3v) is 6.10. The predicted molar refractivity (Wildman–Crippen MR) is 114 cm³/mol. The van der Waals surface area contributed by atoms with E-state index in [-0.39, 0.29) is 22.9 Å². The van der Waals surface area contributed by atoms with Crippen LogP contribution in [0.5, 0.6) is 0 Å². The van der Waals surface area contributed by atoms with Gasteiger partial charge in [0.2, 0.25) is 5.91 Å². The number of benzene rings is 2. The number of likely N-dealkylation sites (N-methyl/N-ethyl adjacent to an activating group) is 1. The fourth-order valence-electron chi connectivity index (χ4n) is 3.13. The van der Waals surface area contributed by atoms with E-state index in [9.17, 15) is 18.8 Å². The lowest BCUT2D eigenvalue weighted by Gasteiger charge is -2.16. The van der Waals surface area contributed by atoms with E-state index in [1.807, 2.05) is 0 Å². The van der Waals surface area contributed by atoms with Gasteiger partial charge in [-0.25, -0.2) is 4.39 Å². The van der Waals surface area contributed by atoms with Crippen LogP contribution >= 0.6 is 24.0 Å². The van der Waals surface area contributed by atoms with Crippen molar-refractivity contribution in [3.8, 4) is 0 Å². The highest BCUT2D eigenvalue weighted by molar-refractivity contribution is 8.26.